The number of carbonyl (C=O) groups excluding carboxylic acids is 2. The van der Waals surface area contributed by atoms with Crippen LogP contribution in [0.15, 0.2) is 5.38 Å². The normalized spacial score (nSPS) is 17.8. The summed E-state index contributed by atoms with van der Waals surface area (Å²) in [6.07, 6.45) is 1.25. The number of hydrogen-bond donors (Lipinski definition) is 2. The molecule has 2 N–H and O–H groups in total. The minimum absolute atomic E-state index is 0.0534. The molecule has 1 aliphatic heterocycles. The molecule has 0 spiro atoms. The highest BCUT2D eigenvalue weighted by Crippen LogP contribution is 2.21. The van der Waals surface area contributed by atoms with E-state index in [0.29, 0.717) is 30.2 Å². The van der Waals surface area contributed by atoms with Crippen molar-refractivity contribution in [3.05, 3.63) is 11.1 Å². The van der Waals surface area contributed by atoms with Crippen molar-refractivity contribution in [1.82, 2.24) is 9.88 Å². The Bertz CT molecular complexity index is 584. The van der Waals surface area contributed by atoms with Crippen LogP contribution in [0, 0.1) is 5.92 Å². The summed E-state index contributed by atoms with van der Waals surface area (Å²) in [5, 5.41) is 13.9. The fraction of sp³-hybridized carbons (Fsp3) is 0.571. The highest BCUT2D eigenvalue weighted by molar-refractivity contribution is 7.13. The number of anilines is 1. The number of aliphatic carboxylic acids is 1. The van der Waals surface area contributed by atoms with Gasteiger partial charge in [0, 0.05) is 17.8 Å². The standard InChI is InChI=1S/C14H19N3O4S/c1-8(2)12(19)16-14-15-9(7-22-14)6-11(18)17-5-3-4-10(17)13(20)21/h7-8,10H,3-6H2,1-2H3,(H,20,21)(H,15,16,19)/t10-/m1/s1. The van der Waals surface area contributed by atoms with E-state index in [-0.39, 0.29) is 24.2 Å². The maximum Gasteiger partial charge on any atom is 0.326 e. The van der Waals surface area contributed by atoms with E-state index in [9.17, 15) is 14.4 Å². The highest BCUT2D eigenvalue weighted by atomic mass is 32.1. The first-order valence-corrected chi connectivity index (χ1v) is 8.04. The van der Waals surface area contributed by atoms with Crippen molar-refractivity contribution in [3.8, 4) is 0 Å². The zero-order valence-electron chi connectivity index (χ0n) is 12.5. The van der Waals surface area contributed by atoms with Gasteiger partial charge in [-0.2, -0.15) is 0 Å². The monoisotopic (exact) mass is 325 g/mol. The van der Waals surface area contributed by atoms with Gasteiger partial charge in [-0.1, -0.05) is 13.8 Å². The summed E-state index contributed by atoms with van der Waals surface area (Å²) in [5.41, 5.74) is 0.546. The third-order valence-corrected chi connectivity index (χ3v) is 4.30. The number of carbonyl (C=O) groups is 3. The van der Waals surface area contributed by atoms with Gasteiger partial charge in [0.2, 0.25) is 11.8 Å². The number of nitrogens with one attached hydrogen (secondary N) is 1. The molecule has 1 atom stereocenters. The number of aromatic nitrogens is 1. The smallest absolute Gasteiger partial charge is 0.326 e. The number of thiazole rings is 1. The molecule has 0 aliphatic carbocycles. The second-order valence-corrected chi connectivity index (χ2v) is 6.41. The number of rotatable bonds is 5. The molecule has 0 bridgehead atoms. The van der Waals surface area contributed by atoms with Crippen molar-refractivity contribution in [3.63, 3.8) is 0 Å². The summed E-state index contributed by atoms with van der Waals surface area (Å²) in [7, 11) is 0. The zero-order valence-corrected chi connectivity index (χ0v) is 13.4. The second-order valence-electron chi connectivity index (χ2n) is 5.55. The molecule has 1 aliphatic rings. The van der Waals surface area contributed by atoms with Crippen LogP contribution in [0.1, 0.15) is 32.4 Å². The molecule has 7 nitrogen and oxygen atoms in total. The van der Waals surface area contributed by atoms with E-state index in [1.165, 1.54) is 16.2 Å². The van der Waals surface area contributed by atoms with Gasteiger partial charge < -0.3 is 15.3 Å². The van der Waals surface area contributed by atoms with E-state index in [2.05, 4.69) is 10.3 Å². The average Bonchev–Trinajstić information content (AvgIpc) is 3.07. The fourth-order valence-electron chi connectivity index (χ4n) is 2.27. The molecule has 120 valence electrons. The number of likely N-dealkylation sites (tertiary alicyclic amines) is 1. The van der Waals surface area contributed by atoms with Crippen molar-refractivity contribution >= 4 is 34.3 Å². The van der Waals surface area contributed by atoms with Gasteiger partial charge in [-0.05, 0) is 12.8 Å². The molecule has 22 heavy (non-hydrogen) atoms. The second kappa shape index (κ2) is 6.87. The van der Waals surface area contributed by atoms with Crippen LogP contribution in [0.4, 0.5) is 5.13 Å². The molecule has 1 aromatic heterocycles. The first-order valence-electron chi connectivity index (χ1n) is 7.16. The van der Waals surface area contributed by atoms with Crippen LogP contribution in [0.2, 0.25) is 0 Å². The lowest BCUT2D eigenvalue weighted by molar-refractivity contribution is -0.148. The van der Waals surface area contributed by atoms with E-state index in [0.717, 1.165) is 0 Å². The lowest BCUT2D eigenvalue weighted by atomic mass is 10.2. The molecule has 0 radical (unpaired) electrons. The summed E-state index contributed by atoms with van der Waals surface area (Å²) in [6, 6.07) is -0.730. The first-order chi connectivity index (χ1) is 10.4. The lowest BCUT2D eigenvalue weighted by Gasteiger charge is -2.20. The first kappa shape index (κ1) is 16.4. The number of amides is 2. The van der Waals surface area contributed by atoms with E-state index < -0.39 is 12.0 Å². The maximum absolute atomic E-state index is 12.2. The molecule has 0 saturated carbocycles. The molecule has 8 heteroatoms. The van der Waals surface area contributed by atoms with Crippen LogP contribution in [0.3, 0.4) is 0 Å². The number of hydrogen-bond acceptors (Lipinski definition) is 5. The third kappa shape index (κ3) is 3.82. The van der Waals surface area contributed by atoms with Crippen molar-refractivity contribution in [2.45, 2.75) is 39.2 Å². The summed E-state index contributed by atoms with van der Waals surface area (Å²) < 4.78 is 0. The van der Waals surface area contributed by atoms with E-state index in [4.69, 9.17) is 5.11 Å². The Hall–Kier alpha value is -1.96. The summed E-state index contributed by atoms with van der Waals surface area (Å²) >= 11 is 1.26. The van der Waals surface area contributed by atoms with Gasteiger partial charge in [-0.15, -0.1) is 11.3 Å². The van der Waals surface area contributed by atoms with E-state index in [1.807, 2.05) is 0 Å². The molecule has 2 amide bonds. The Morgan fingerprint density at radius 2 is 2.23 bits per heavy atom. The van der Waals surface area contributed by atoms with Gasteiger partial charge in [-0.3, -0.25) is 9.59 Å². The van der Waals surface area contributed by atoms with Gasteiger partial charge >= 0.3 is 5.97 Å². The van der Waals surface area contributed by atoms with Crippen LogP contribution in [-0.2, 0) is 20.8 Å². The summed E-state index contributed by atoms with van der Waals surface area (Å²) in [5.74, 6) is -1.47. The topological polar surface area (TPSA) is 99.6 Å². The average molecular weight is 325 g/mol. The molecule has 2 rings (SSSR count). The molecule has 1 saturated heterocycles. The molecule has 1 aromatic rings. The van der Waals surface area contributed by atoms with Crippen molar-refractivity contribution < 1.29 is 19.5 Å². The largest absolute Gasteiger partial charge is 0.480 e. The molecular formula is C14H19N3O4S. The van der Waals surface area contributed by atoms with Gasteiger partial charge in [0.25, 0.3) is 0 Å². The van der Waals surface area contributed by atoms with Crippen LogP contribution in [0.5, 0.6) is 0 Å². The Morgan fingerprint density at radius 3 is 2.86 bits per heavy atom. The third-order valence-electron chi connectivity index (χ3n) is 3.50. The van der Waals surface area contributed by atoms with Crippen molar-refractivity contribution in [1.29, 1.82) is 0 Å². The molecular weight excluding hydrogens is 306 g/mol. The van der Waals surface area contributed by atoms with Gasteiger partial charge in [0.05, 0.1) is 12.1 Å². The van der Waals surface area contributed by atoms with Crippen LogP contribution < -0.4 is 5.32 Å². The maximum atomic E-state index is 12.2. The van der Waals surface area contributed by atoms with Gasteiger partial charge in [0.1, 0.15) is 6.04 Å². The van der Waals surface area contributed by atoms with Gasteiger partial charge in [0.15, 0.2) is 5.13 Å². The van der Waals surface area contributed by atoms with E-state index in [1.54, 1.807) is 19.2 Å². The Labute approximate surface area is 132 Å². The SMILES string of the molecule is CC(C)C(=O)Nc1nc(CC(=O)N2CCC[C@@H]2C(=O)O)cs1. The highest BCUT2D eigenvalue weighted by Gasteiger charge is 2.33. The minimum Gasteiger partial charge on any atom is -0.480 e. The van der Waals surface area contributed by atoms with E-state index >= 15 is 0 Å². The fourth-order valence-corrected chi connectivity index (χ4v) is 2.99. The molecule has 0 aromatic carbocycles. The molecule has 0 unspecified atom stereocenters. The number of carboxylic acid groups (broad SMARTS) is 1. The lowest BCUT2D eigenvalue weighted by Crippen LogP contribution is -2.41. The Kier molecular flexibility index (Phi) is 5.12. The predicted octanol–water partition coefficient (Wildman–Crippen LogP) is 1.36. The zero-order chi connectivity index (χ0) is 16.3. The number of nitrogens with zero attached hydrogens (tertiary/aromatic N) is 2. The quantitative estimate of drug-likeness (QED) is 0.851. The van der Waals surface area contributed by atoms with Crippen LogP contribution in [0.25, 0.3) is 0 Å². The molecule has 1 fully saturated rings. The summed E-state index contributed by atoms with van der Waals surface area (Å²) in [6.45, 7) is 4.04. The van der Waals surface area contributed by atoms with Crippen LogP contribution in [-0.4, -0.2) is 45.4 Å². The van der Waals surface area contributed by atoms with Gasteiger partial charge in [-0.25, -0.2) is 9.78 Å². The minimum atomic E-state index is -0.964. The van der Waals surface area contributed by atoms with Crippen molar-refractivity contribution in [2.24, 2.45) is 5.92 Å². The predicted molar refractivity (Wildman–Crippen MR) is 81.7 cm³/mol. The Morgan fingerprint density at radius 1 is 1.50 bits per heavy atom. The Balaban J connectivity index is 1.96. The van der Waals surface area contributed by atoms with Crippen LogP contribution >= 0.6 is 11.3 Å². The number of carboxylic acids is 1. The molecule has 2 heterocycles. The summed E-state index contributed by atoms with van der Waals surface area (Å²) in [4.78, 5) is 40.5. The van der Waals surface area contributed by atoms with Crippen molar-refractivity contribution in [2.75, 3.05) is 11.9 Å².